The highest BCUT2D eigenvalue weighted by molar-refractivity contribution is 7.98. The van der Waals surface area contributed by atoms with Crippen molar-refractivity contribution in [1.82, 2.24) is 9.55 Å². The molecule has 0 spiro atoms. The van der Waals surface area contributed by atoms with E-state index in [9.17, 15) is 9.59 Å². The fourth-order valence-corrected chi connectivity index (χ4v) is 2.41. The van der Waals surface area contributed by atoms with Gasteiger partial charge in [-0.3, -0.25) is 4.79 Å². The van der Waals surface area contributed by atoms with Gasteiger partial charge in [-0.05, 0) is 18.7 Å². The van der Waals surface area contributed by atoms with Gasteiger partial charge in [0, 0.05) is 12.7 Å². The largest absolute Gasteiger partial charge is 0.462 e. The number of hydrogen-bond acceptors (Lipinski definition) is 5. The molecule has 0 saturated carbocycles. The highest BCUT2D eigenvalue weighted by Gasteiger charge is 2.15. The molecule has 0 aliphatic rings. The van der Waals surface area contributed by atoms with Crippen LogP contribution in [0.15, 0.2) is 46.5 Å². The summed E-state index contributed by atoms with van der Waals surface area (Å²) in [5.74, 6) is -0.635. The normalized spacial score (nSPS) is 10.4. The molecule has 0 saturated heterocycles. The molecule has 0 unspecified atom stereocenters. The molecule has 0 amide bonds. The standard InChI is InChI=1S/C15H16N2O3S/c1-3-20-14(19)12-10-17(15(21-2)16-13(12)18)9-11-7-5-4-6-8-11/h4-8,10H,3,9H2,1-2H3. The number of carbonyl (C=O) groups excluding carboxylic acids is 1. The molecule has 0 fully saturated rings. The van der Waals surface area contributed by atoms with Gasteiger partial charge in [-0.2, -0.15) is 4.98 Å². The third-order valence-electron chi connectivity index (χ3n) is 2.83. The number of hydrogen-bond donors (Lipinski definition) is 0. The lowest BCUT2D eigenvalue weighted by atomic mass is 10.2. The highest BCUT2D eigenvalue weighted by Crippen LogP contribution is 2.13. The van der Waals surface area contributed by atoms with Gasteiger partial charge < -0.3 is 9.30 Å². The summed E-state index contributed by atoms with van der Waals surface area (Å²) in [5, 5.41) is 0.567. The average molecular weight is 304 g/mol. The summed E-state index contributed by atoms with van der Waals surface area (Å²) in [4.78, 5) is 27.6. The van der Waals surface area contributed by atoms with Crippen molar-refractivity contribution >= 4 is 17.7 Å². The first-order chi connectivity index (χ1) is 10.2. The molecule has 2 aromatic rings. The van der Waals surface area contributed by atoms with E-state index in [1.54, 1.807) is 11.5 Å². The lowest BCUT2D eigenvalue weighted by Gasteiger charge is -2.12. The Labute approximate surface area is 127 Å². The van der Waals surface area contributed by atoms with Crippen LogP contribution in [-0.4, -0.2) is 28.4 Å². The molecule has 0 aliphatic heterocycles. The van der Waals surface area contributed by atoms with Crippen LogP contribution < -0.4 is 5.56 Å². The Bertz CT molecular complexity index is 683. The number of nitrogens with zero attached hydrogens (tertiary/aromatic N) is 2. The molecule has 2 rings (SSSR count). The van der Waals surface area contributed by atoms with Crippen LogP contribution in [0.25, 0.3) is 0 Å². The first-order valence-corrected chi connectivity index (χ1v) is 7.74. The van der Waals surface area contributed by atoms with E-state index in [0.29, 0.717) is 11.7 Å². The molecule has 0 aliphatic carbocycles. The average Bonchev–Trinajstić information content (AvgIpc) is 2.50. The Morgan fingerprint density at radius 1 is 1.33 bits per heavy atom. The lowest BCUT2D eigenvalue weighted by Crippen LogP contribution is -2.24. The van der Waals surface area contributed by atoms with Crippen molar-refractivity contribution in [2.45, 2.75) is 18.6 Å². The van der Waals surface area contributed by atoms with Crippen molar-refractivity contribution in [2.24, 2.45) is 0 Å². The molecule has 110 valence electrons. The van der Waals surface area contributed by atoms with Crippen LogP contribution in [0, 0.1) is 0 Å². The van der Waals surface area contributed by atoms with E-state index in [0.717, 1.165) is 5.56 Å². The summed E-state index contributed by atoms with van der Waals surface area (Å²) in [6.45, 7) is 2.46. The van der Waals surface area contributed by atoms with Crippen molar-refractivity contribution in [3.8, 4) is 0 Å². The van der Waals surface area contributed by atoms with Gasteiger partial charge in [0.05, 0.1) is 6.61 Å². The summed E-state index contributed by atoms with van der Waals surface area (Å²) in [5.41, 5.74) is 0.473. The third-order valence-corrected chi connectivity index (χ3v) is 3.52. The number of benzene rings is 1. The topological polar surface area (TPSA) is 61.2 Å². The summed E-state index contributed by atoms with van der Waals surface area (Å²) in [7, 11) is 0. The second-order valence-corrected chi connectivity index (χ2v) is 5.05. The molecule has 0 atom stereocenters. The quantitative estimate of drug-likeness (QED) is 0.481. The minimum absolute atomic E-state index is 0.0365. The minimum atomic E-state index is -0.635. The molecular formula is C15H16N2O3S. The Morgan fingerprint density at radius 3 is 2.67 bits per heavy atom. The van der Waals surface area contributed by atoms with Crippen molar-refractivity contribution < 1.29 is 9.53 Å². The molecule has 0 N–H and O–H groups in total. The SMILES string of the molecule is CCOC(=O)c1cn(Cc2ccccc2)c(SC)nc1=O. The maximum absolute atomic E-state index is 11.9. The number of rotatable bonds is 5. The molecule has 1 aromatic carbocycles. The Balaban J connectivity index is 2.41. The van der Waals surface area contributed by atoms with Crippen LogP contribution in [0.5, 0.6) is 0 Å². The first kappa shape index (κ1) is 15.3. The van der Waals surface area contributed by atoms with Crippen LogP contribution in [0.2, 0.25) is 0 Å². The Kier molecular flexibility index (Phi) is 5.16. The molecule has 21 heavy (non-hydrogen) atoms. The van der Waals surface area contributed by atoms with Gasteiger partial charge in [0.25, 0.3) is 5.56 Å². The van der Waals surface area contributed by atoms with E-state index < -0.39 is 11.5 Å². The maximum Gasteiger partial charge on any atom is 0.345 e. The van der Waals surface area contributed by atoms with Gasteiger partial charge in [0.1, 0.15) is 5.56 Å². The molecule has 1 aromatic heterocycles. The lowest BCUT2D eigenvalue weighted by molar-refractivity contribution is 0.0522. The third kappa shape index (κ3) is 3.72. The summed E-state index contributed by atoms with van der Waals surface area (Å²) in [6, 6.07) is 9.78. The van der Waals surface area contributed by atoms with E-state index in [2.05, 4.69) is 4.98 Å². The molecule has 6 heteroatoms. The Hall–Kier alpha value is -2.08. The van der Waals surface area contributed by atoms with E-state index in [1.165, 1.54) is 18.0 Å². The second kappa shape index (κ2) is 7.08. The van der Waals surface area contributed by atoms with Crippen molar-refractivity contribution in [3.05, 3.63) is 58.0 Å². The van der Waals surface area contributed by atoms with Crippen LogP contribution in [0.3, 0.4) is 0 Å². The van der Waals surface area contributed by atoms with Gasteiger partial charge in [0.15, 0.2) is 5.16 Å². The van der Waals surface area contributed by atoms with Gasteiger partial charge in [0.2, 0.25) is 0 Å². The monoisotopic (exact) mass is 304 g/mol. The zero-order chi connectivity index (χ0) is 15.2. The molecule has 5 nitrogen and oxygen atoms in total. The maximum atomic E-state index is 11.9. The molecular weight excluding hydrogens is 288 g/mol. The van der Waals surface area contributed by atoms with E-state index >= 15 is 0 Å². The second-order valence-electron chi connectivity index (χ2n) is 4.28. The molecule has 1 heterocycles. The van der Waals surface area contributed by atoms with Crippen LogP contribution >= 0.6 is 11.8 Å². The number of ether oxygens (including phenoxy) is 1. The van der Waals surface area contributed by atoms with E-state index in [-0.39, 0.29) is 12.2 Å². The number of thioether (sulfide) groups is 1. The van der Waals surface area contributed by atoms with Crippen molar-refractivity contribution in [3.63, 3.8) is 0 Å². The van der Waals surface area contributed by atoms with Gasteiger partial charge in [-0.15, -0.1) is 0 Å². The summed E-state index contributed by atoms with van der Waals surface area (Å²) >= 11 is 1.36. The smallest absolute Gasteiger partial charge is 0.345 e. The zero-order valence-electron chi connectivity index (χ0n) is 11.9. The van der Waals surface area contributed by atoms with Crippen molar-refractivity contribution in [2.75, 3.05) is 12.9 Å². The van der Waals surface area contributed by atoms with E-state index in [1.807, 2.05) is 36.6 Å². The van der Waals surface area contributed by atoms with Crippen LogP contribution in [-0.2, 0) is 11.3 Å². The fourth-order valence-electron chi connectivity index (χ4n) is 1.88. The van der Waals surface area contributed by atoms with Crippen LogP contribution in [0.1, 0.15) is 22.8 Å². The zero-order valence-corrected chi connectivity index (χ0v) is 12.7. The number of esters is 1. The highest BCUT2D eigenvalue weighted by atomic mass is 32.2. The van der Waals surface area contributed by atoms with E-state index in [4.69, 9.17) is 4.74 Å². The fraction of sp³-hybridized carbons (Fsp3) is 0.267. The van der Waals surface area contributed by atoms with Crippen molar-refractivity contribution in [1.29, 1.82) is 0 Å². The van der Waals surface area contributed by atoms with Crippen LogP contribution in [0.4, 0.5) is 0 Å². The summed E-state index contributed by atoms with van der Waals surface area (Å²) in [6.07, 6.45) is 3.36. The summed E-state index contributed by atoms with van der Waals surface area (Å²) < 4.78 is 6.67. The molecule has 0 radical (unpaired) electrons. The molecule has 0 bridgehead atoms. The minimum Gasteiger partial charge on any atom is -0.462 e. The number of aromatic nitrogens is 2. The first-order valence-electron chi connectivity index (χ1n) is 6.52. The number of carbonyl (C=O) groups is 1. The predicted octanol–water partition coefficient (Wildman–Crippen LogP) is 2.19. The van der Waals surface area contributed by atoms with Gasteiger partial charge in [-0.1, -0.05) is 42.1 Å². The van der Waals surface area contributed by atoms with Gasteiger partial charge in [-0.25, -0.2) is 4.79 Å². The Morgan fingerprint density at radius 2 is 2.05 bits per heavy atom. The van der Waals surface area contributed by atoms with Gasteiger partial charge >= 0.3 is 5.97 Å². The predicted molar refractivity (Wildman–Crippen MR) is 81.8 cm³/mol.